The Labute approximate surface area is 131 Å². The van der Waals surface area contributed by atoms with E-state index in [0.29, 0.717) is 6.73 Å². The second kappa shape index (κ2) is 5.21. The number of anilines is 1. The van der Waals surface area contributed by atoms with Crippen LogP contribution in [0.5, 0.6) is 5.75 Å². The van der Waals surface area contributed by atoms with Crippen molar-refractivity contribution in [2.75, 3.05) is 11.6 Å². The molecule has 0 unspecified atom stereocenters. The first-order valence-electron chi connectivity index (χ1n) is 6.06. The van der Waals surface area contributed by atoms with Crippen LogP contribution in [0.15, 0.2) is 36.4 Å². The van der Waals surface area contributed by atoms with E-state index < -0.39 is 0 Å². The maximum Gasteiger partial charge on any atom is 0.161 e. The van der Waals surface area contributed by atoms with Gasteiger partial charge < -0.3 is 9.64 Å². The van der Waals surface area contributed by atoms with E-state index in [4.69, 9.17) is 16.3 Å². The third kappa shape index (κ3) is 2.67. The lowest BCUT2D eigenvalue weighted by molar-refractivity contribution is 0.289. The molecule has 19 heavy (non-hydrogen) atoms. The molecule has 0 fully saturated rings. The van der Waals surface area contributed by atoms with Crippen LogP contribution < -0.4 is 9.64 Å². The average molecular weight is 386 g/mol. The molecule has 2 aromatic rings. The third-order valence-electron chi connectivity index (χ3n) is 3.21. The number of nitrogens with zero attached hydrogens (tertiary/aromatic N) is 1. The van der Waals surface area contributed by atoms with Crippen LogP contribution in [-0.2, 0) is 6.54 Å². The van der Waals surface area contributed by atoms with Crippen molar-refractivity contribution < 1.29 is 4.74 Å². The van der Waals surface area contributed by atoms with Gasteiger partial charge in [0.15, 0.2) is 6.73 Å². The molecule has 98 valence electrons. The number of hydrogen-bond acceptors (Lipinski definition) is 2. The van der Waals surface area contributed by atoms with Crippen LogP contribution in [0.25, 0.3) is 0 Å². The number of hydrogen-bond donors (Lipinski definition) is 0. The van der Waals surface area contributed by atoms with Crippen molar-refractivity contribution in [3.8, 4) is 5.75 Å². The monoisotopic (exact) mass is 385 g/mol. The fourth-order valence-electron chi connectivity index (χ4n) is 2.22. The van der Waals surface area contributed by atoms with E-state index in [-0.39, 0.29) is 0 Å². The zero-order valence-corrected chi connectivity index (χ0v) is 13.4. The summed E-state index contributed by atoms with van der Waals surface area (Å²) in [6.45, 7) is 3.41. The minimum absolute atomic E-state index is 0.538. The normalized spacial score (nSPS) is 13.9. The van der Waals surface area contributed by atoms with Crippen LogP contribution in [0.2, 0.25) is 5.02 Å². The van der Waals surface area contributed by atoms with Crippen molar-refractivity contribution in [2.24, 2.45) is 0 Å². The van der Waals surface area contributed by atoms with Gasteiger partial charge in [-0.05, 0) is 59.3 Å². The minimum Gasteiger partial charge on any atom is -0.473 e. The van der Waals surface area contributed by atoms with Gasteiger partial charge in [-0.1, -0.05) is 23.7 Å². The van der Waals surface area contributed by atoms with Crippen LogP contribution >= 0.6 is 34.2 Å². The van der Waals surface area contributed by atoms with Gasteiger partial charge in [0.2, 0.25) is 0 Å². The smallest absolute Gasteiger partial charge is 0.161 e. The van der Waals surface area contributed by atoms with Gasteiger partial charge in [-0.25, -0.2) is 0 Å². The van der Waals surface area contributed by atoms with Gasteiger partial charge in [0.25, 0.3) is 0 Å². The summed E-state index contributed by atoms with van der Waals surface area (Å²) in [6.07, 6.45) is 0. The van der Waals surface area contributed by atoms with E-state index in [0.717, 1.165) is 23.0 Å². The number of fused-ring (bicyclic) bond motifs is 1. The van der Waals surface area contributed by atoms with Gasteiger partial charge in [0.1, 0.15) is 5.75 Å². The Balaban J connectivity index is 1.91. The lowest BCUT2D eigenvalue weighted by Gasteiger charge is -2.31. The van der Waals surface area contributed by atoms with Crippen LogP contribution in [0, 0.1) is 10.5 Å². The van der Waals surface area contributed by atoms with E-state index in [1.54, 1.807) is 0 Å². The van der Waals surface area contributed by atoms with Crippen molar-refractivity contribution in [1.29, 1.82) is 0 Å². The number of benzene rings is 2. The SMILES string of the molecule is Cc1ccc(N2COc3cc(I)ccc3C2)c(Cl)c1. The number of halogens is 2. The Hall–Kier alpha value is -0.940. The summed E-state index contributed by atoms with van der Waals surface area (Å²) in [6, 6.07) is 12.4. The Kier molecular flexibility index (Phi) is 3.58. The highest BCUT2D eigenvalue weighted by atomic mass is 127. The lowest BCUT2D eigenvalue weighted by atomic mass is 10.1. The van der Waals surface area contributed by atoms with Crippen molar-refractivity contribution in [1.82, 2.24) is 0 Å². The molecule has 0 atom stereocenters. The minimum atomic E-state index is 0.538. The standard InChI is InChI=1S/C15H13ClINO/c1-10-2-5-14(13(16)6-10)18-8-11-3-4-12(17)7-15(11)19-9-18/h2-7H,8-9H2,1H3. The molecule has 2 nitrogen and oxygen atoms in total. The number of ether oxygens (including phenoxy) is 1. The fourth-order valence-corrected chi connectivity index (χ4v) is 3.03. The molecule has 0 N–H and O–H groups in total. The zero-order chi connectivity index (χ0) is 13.4. The van der Waals surface area contributed by atoms with E-state index >= 15 is 0 Å². The van der Waals surface area contributed by atoms with E-state index in [2.05, 4.69) is 57.8 Å². The summed E-state index contributed by atoms with van der Waals surface area (Å²) in [5.74, 6) is 0.978. The van der Waals surface area contributed by atoms with Crippen LogP contribution in [0.1, 0.15) is 11.1 Å². The second-order valence-corrected chi connectivity index (χ2v) is 6.33. The van der Waals surface area contributed by atoms with Gasteiger partial charge in [-0.15, -0.1) is 0 Å². The topological polar surface area (TPSA) is 12.5 Å². The van der Waals surface area contributed by atoms with Crippen molar-refractivity contribution in [3.05, 3.63) is 56.1 Å². The van der Waals surface area contributed by atoms with Crippen LogP contribution in [0.4, 0.5) is 5.69 Å². The molecule has 1 aliphatic rings. The molecule has 0 amide bonds. The summed E-state index contributed by atoms with van der Waals surface area (Å²) in [4.78, 5) is 2.15. The molecule has 0 spiro atoms. The van der Waals surface area contributed by atoms with Gasteiger partial charge >= 0.3 is 0 Å². The predicted molar refractivity (Wildman–Crippen MR) is 87.0 cm³/mol. The highest BCUT2D eigenvalue weighted by molar-refractivity contribution is 14.1. The zero-order valence-electron chi connectivity index (χ0n) is 10.5. The summed E-state index contributed by atoms with van der Waals surface area (Å²) < 4.78 is 7.01. The lowest BCUT2D eigenvalue weighted by Crippen LogP contribution is -2.32. The molecule has 0 aliphatic carbocycles. The molecule has 0 saturated carbocycles. The molecule has 0 radical (unpaired) electrons. The Morgan fingerprint density at radius 3 is 2.84 bits per heavy atom. The number of rotatable bonds is 1. The summed E-state index contributed by atoms with van der Waals surface area (Å²) in [7, 11) is 0. The van der Waals surface area contributed by atoms with E-state index in [9.17, 15) is 0 Å². The molecule has 2 aromatic carbocycles. The second-order valence-electron chi connectivity index (χ2n) is 4.68. The molecule has 3 rings (SSSR count). The van der Waals surface area contributed by atoms with Gasteiger partial charge in [-0.3, -0.25) is 0 Å². The molecular formula is C15H13ClINO. The van der Waals surface area contributed by atoms with Gasteiger partial charge in [0.05, 0.1) is 10.7 Å². The van der Waals surface area contributed by atoms with Crippen LogP contribution in [0.3, 0.4) is 0 Å². The predicted octanol–water partition coefficient (Wildman–Crippen LogP) is 4.61. The number of aryl methyl sites for hydroxylation is 1. The van der Waals surface area contributed by atoms with Crippen molar-refractivity contribution in [3.63, 3.8) is 0 Å². The maximum absolute atomic E-state index is 6.32. The molecule has 0 saturated heterocycles. The van der Waals surface area contributed by atoms with E-state index in [1.165, 1.54) is 14.7 Å². The van der Waals surface area contributed by atoms with Gasteiger partial charge in [0, 0.05) is 15.7 Å². The Morgan fingerprint density at radius 2 is 2.05 bits per heavy atom. The molecule has 0 aromatic heterocycles. The first-order valence-corrected chi connectivity index (χ1v) is 7.51. The van der Waals surface area contributed by atoms with Gasteiger partial charge in [-0.2, -0.15) is 0 Å². The molecule has 1 heterocycles. The Morgan fingerprint density at radius 1 is 1.21 bits per heavy atom. The molecular weight excluding hydrogens is 373 g/mol. The highest BCUT2D eigenvalue weighted by Crippen LogP contribution is 2.33. The van der Waals surface area contributed by atoms with Crippen molar-refractivity contribution in [2.45, 2.75) is 13.5 Å². The summed E-state index contributed by atoms with van der Waals surface area (Å²) in [5.41, 5.74) is 3.39. The van der Waals surface area contributed by atoms with Crippen molar-refractivity contribution >= 4 is 39.9 Å². The Bertz CT molecular complexity index is 630. The molecule has 1 aliphatic heterocycles. The van der Waals surface area contributed by atoms with Crippen LogP contribution in [-0.4, -0.2) is 6.73 Å². The summed E-state index contributed by atoms with van der Waals surface area (Å²) in [5, 5.41) is 0.776. The van der Waals surface area contributed by atoms with E-state index in [1.807, 2.05) is 13.0 Å². The average Bonchev–Trinajstić information content (AvgIpc) is 2.38. The first kappa shape index (κ1) is 13.1. The molecule has 4 heteroatoms. The largest absolute Gasteiger partial charge is 0.473 e. The third-order valence-corrected chi connectivity index (χ3v) is 4.18. The fraction of sp³-hybridized carbons (Fsp3) is 0.200. The first-order chi connectivity index (χ1) is 9.13. The summed E-state index contributed by atoms with van der Waals surface area (Å²) >= 11 is 8.61. The maximum atomic E-state index is 6.32. The molecule has 0 bridgehead atoms. The highest BCUT2D eigenvalue weighted by Gasteiger charge is 2.19. The quantitative estimate of drug-likeness (QED) is 0.665.